The number of halogens is 1. The van der Waals surface area contributed by atoms with Crippen molar-refractivity contribution in [3.8, 4) is 5.75 Å². The number of hydrazone groups is 1. The lowest BCUT2D eigenvalue weighted by atomic mass is 10.0. The van der Waals surface area contributed by atoms with Crippen LogP contribution in [0.15, 0.2) is 65.8 Å². The molecule has 3 aromatic carbocycles. The lowest BCUT2D eigenvalue weighted by Gasteiger charge is -2.11. The maximum Gasteiger partial charge on any atom is 0.271 e. The van der Waals surface area contributed by atoms with Crippen molar-refractivity contribution < 1.29 is 9.90 Å². The molecule has 0 bridgehead atoms. The third-order valence-electron chi connectivity index (χ3n) is 4.97. The highest BCUT2D eigenvalue weighted by Gasteiger charge is 2.08. The average molecular weight is 436 g/mol. The van der Waals surface area contributed by atoms with E-state index in [0.29, 0.717) is 11.5 Å². The van der Waals surface area contributed by atoms with Gasteiger partial charge in [0, 0.05) is 16.9 Å². The first-order chi connectivity index (χ1) is 14.9. The third-order valence-corrected chi connectivity index (χ3v) is 5.27. The second kappa shape index (κ2) is 10.1. The van der Waals surface area contributed by atoms with Gasteiger partial charge in [0.2, 0.25) is 0 Å². The molecule has 160 valence electrons. The summed E-state index contributed by atoms with van der Waals surface area (Å²) in [6, 6.07) is 18.7. The molecule has 0 aliphatic heterocycles. The molecular weight excluding hydrogens is 410 g/mol. The Bertz CT molecular complexity index is 1090. The molecule has 3 aromatic rings. The van der Waals surface area contributed by atoms with Crippen molar-refractivity contribution in [3.63, 3.8) is 0 Å². The summed E-state index contributed by atoms with van der Waals surface area (Å²) >= 11 is 5.85. The van der Waals surface area contributed by atoms with E-state index < -0.39 is 5.91 Å². The van der Waals surface area contributed by atoms with E-state index in [9.17, 15) is 9.90 Å². The van der Waals surface area contributed by atoms with Gasteiger partial charge in [-0.05, 0) is 71.5 Å². The molecule has 0 saturated carbocycles. The van der Waals surface area contributed by atoms with Crippen LogP contribution in [-0.4, -0.2) is 17.2 Å². The summed E-state index contributed by atoms with van der Waals surface area (Å²) in [5, 5.41) is 17.1. The van der Waals surface area contributed by atoms with Crippen LogP contribution in [0.3, 0.4) is 0 Å². The number of rotatable bonds is 7. The van der Waals surface area contributed by atoms with E-state index in [1.807, 2.05) is 12.1 Å². The minimum atomic E-state index is -0.403. The number of nitrogens with one attached hydrogen (secondary N) is 2. The molecule has 0 saturated heterocycles. The zero-order chi connectivity index (χ0) is 22.4. The smallest absolute Gasteiger partial charge is 0.271 e. The molecule has 0 atom stereocenters. The molecule has 3 rings (SSSR count). The van der Waals surface area contributed by atoms with Crippen LogP contribution in [0.1, 0.15) is 53.7 Å². The minimum absolute atomic E-state index is 0.0705. The number of carbonyl (C=O) groups is 1. The van der Waals surface area contributed by atoms with Crippen molar-refractivity contribution in [1.29, 1.82) is 0 Å². The van der Waals surface area contributed by atoms with Crippen LogP contribution < -0.4 is 10.7 Å². The number of hydrogen-bond donors (Lipinski definition) is 3. The third kappa shape index (κ3) is 5.86. The fourth-order valence-corrected chi connectivity index (χ4v) is 3.29. The highest BCUT2D eigenvalue weighted by molar-refractivity contribution is 6.32. The highest BCUT2D eigenvalue weighted by atomic mass is 35.5. The van der Waals surface area contributed by atoms with E-state index in [4.69, 9.17) is 11.6 Å². The lowest BCUT2D eigenvalue weighted by molar-refractivity contribution is 0.0955. The second-order valence-electron chi connectivity index (χ2n) is 7.53. The molecule has 5 nitrogen and oxygen atoms in total. The predicted octanol–water partition coefficient (Wildman–Crippen LogP) is 6.24. The molecule has 0 spiro atoms. The molecule has 0 fully saturated rings. The quantitative estimate of drug-likeness (QED) is 0.304. The lowest BCUT2D eigenvalue weighted by Crippen LogP contribution is -2.17. The largest absolute Gasteiger partial charge is 0.506 e. The molecule has 0 aliphatic rings. The van der Waals surface area contributed by atoms with Crippen LogP contribution in [-0.2, 0) is 6.42 Å². The van der Waals surface area contributed by atoms with Gasteiger partial charge < -0.3 is 10.4 Å². The number of amides is 1. The van der Waals surface area contributed by atoms with Crippen LogP contribution in [0.4, 0.5) is 11.4 Å². The first-order valence-corrected chi connectivity index (χ1v) is 10.6. The van der Waals surface area contributed by atoms with Gasteiger partial charge in [0.25, 0.3) is 5.91 Å². The molecule has 0 unspecified atom stereocenters. The van der Waals surface area contributed by atoms with E-state index in [-0.39, 0.29) is 10.8 Å². The zero-order valence-corrected chi connectivity index (χ0v) is 18.6. The fraction of sp³-hybridized carbons (Fsp3) is 0.200. The first kappa shape index (κ1) is 22.4. The SMILES string of the molecule is CCc1cc(Nc2ccc(C(C)C)cc2)ccc1/C=N/NC(=O)c1ccc(O)c(Cl)c1. The first-order valence-electron chi connectivity index (χ1n) is 10.2. The van der Waals surface area contributed by atoms with E-state index >= 15 is 0 Å². The topological polar surface area (TPSA) is 73.7 Å². The summed E-state index contributed by atoms with van der Waals surface area (Å²) in [6.45, 7) is 6.43. The van der Waals surface area contributed by atoms with Gasteiger partial charge in [-0.1, -0.05) is 50.6 Å². The molecule has 1 amide bonds. The van der Waals surface area contributed by atoms with Gasteiger partial charge in [-0.3, -0.25) is 4.79 Å². The number of anilines is 2. The summed E-state index contributed by atoms with van der Waals surface area (Å²) in [5.41, 5.74) is 8.17. The van der Waals surface area contributed by atoms with Crippen LogP contribution in [0.25, 0.3) is 0 Å². The van der Waals surface area contributed by atoms with Crippen molar-refractivity contribution in [2.75, 3.05) is 5.32 Å². The normalized spacial score (nSPS) is 11.1. The highest BCUT2D eigenvalue weighted by Crippen LogP contribution is 2.24. The zero-order valence-electron chi connectivity index (χ0n) is 17.8. The van der Waals surface area contributed by atoms with Crippen LogP contribution in [0, 0.1) is 0 Å². The molecule has 0 aliphatic carbocycles. The van der Waals surface area contributed by atoms with Gasteiger partial charge in [0.1, 0.15) is 5.75 Å². The van der Waals surface area contributed by atoms with Gasteiger partial charge in [0.05, 0.1) is 11.2 Å². The van der Waals surface area contributed by atoms with Crippen LogP contribution >= 0.6 is 11.6 Å². The predicted molar refractivity (Wildman–Crippen MR) is 128 cm³/mol. The number of aryl methyl sites for hydroxylation is 1. The number of phenols is 1. The molecule has 0 aromatic heterocycles. The average Bonchev–Trinajstić information content (AvgIpc) is 2.76. The van der Waals surface area contributed by atoms with Gasteiger partial charge in [0.15, 0.2) is 0 Å². The number of hydrogen-bond acceptors (Lipinski definition) is 4. The van der Waals surface area contributed by atoms with Gasteiger partial charge >= 0.3 is 0 Å². The van der Waals surface area contributed by atoms with Gasteiger partial charge in [-0.25, -0.2) is 5.43 Å². The molecule has 3 N–H and O–H groups in total. The summed E-state index contributed by atoms with van der Waals surface area (Å²) < 4.78 is 0. The monoisotopic (exact) mass is 435 g/mol. The molecular formula is C25H26ClN3O2. The Morgan fingerprint density at radius 3 is 2.42 bits per heavy atom. The van der Waals surface area contributed by atoms with Crippen LogP contribution in [0.2, 0.25) is 5.02 Å². The Kier molecular flexibility index (Phi) is 7.32. The van der Waals surface area contributed by atoms with Crippen molar-refractivity contribution >= 4 is 35.1 Å². The summed E-state index contributed by atoms with van der Waals surface area (Å²) in [5.74, 6) is 0.0315. The second-order valence-corrected chi connectivity index (χ2v) is 7.94. The number of phenolic OH excluding ortho intramolecular Hbond substituents is 1. The molecule has 0 radical (unpaired) electrons. The standard InChI is InChI=1S/C25H26ClN3O2/c1-4-17-13-22(28-21-9-5-18(6-10-21)16(2)3)11-7-20(17)15-27-29-25(31)19-8-12-24(30)23(26)14-19/h5-16,28,30H,4H2,1-3H3,(H,29,31)/b27-15+. The maximum atomic E-state index is 12.2. The van der Waals surface area contributed by atoms with Crippen molar-refractivity contribution in [3.05, 3.63) is 87.9 Å². The van der Waals surface area contributed by atoms with E-state index in [2.05, 4.69) is 66.9 Å². The van der Waals surface area contributed by atoms with Crippen molar-refractivity contribution in [2.24, 2.45) is 5.10 Å². The van der Waals surface area contributed by atoms with E-state index in [1.165, 1.54) is 23.8 Å². The van der Waals surface area contributed by atoms with Crippen molar-refractivity contribution in [1.82, 2.24) is 5.43 Å². The number of carbonyl (C=O) groups excluding carboxylic acids is 1. The molecule has 6 heteroatoms. The number of nitrogens with zero attached hydrogens (tertiary/aromatic N) is 1. The maximum absolute atomic E-state index is 12.2. The summed E-state index contributed by atoms with van der Waals surface area (Å²) in [4.78, 5) is 12.2. The Labute approximate surface area is 187 Å². The Balaban J connectivity index is 1.67. The molecule has 31 heavy (non-hydrogen) atoms. The Morgan fingerprint density at radius 1 is 1.06 bits per heavy atom. The van der Waals surface area contributed by atoms with Crippen molar-refractivity contribution in [2.45, 2.75) is 33.1 Å². The summed E-state index contributed by atoms with van der Waals surface area (Å²) in [6.07, 6.45) is 2.45. The van der Waals surface area contributed by atoms with Gasteiger partial charge in [-0.15, -0.1) is 0 Å². The minimum Gasteiger partial charge on any atom is -0.506 e. The van der Waals surface area contributed by atoms with Crippen LogP contribution in [0.5, 0.6) is 5.75 Å². The Hall–Kier alpha value is -3.31. The molecule has 0 heterocycles. The van der Waals surface area contributed by atoms with E-state index in [0.717, 1.165) is 28.9 Å². The van der Waals surface area contributed by atoms with Gasteiger partial charge in [-0.2, -0.15) is 5.10 Å². The Morgan fingerprint density at radius 2 is 1.77 bits per heavy atom. The number of benzene rings is 3. The summed E-state index contributed by atoms with van der Waals surface area (Å²) in [7, 11) is 0. The van der Waals surface area contributed by atoms with E-state index in [1.54, 1.807) is 6.21 Å². The number of aromatic hydroxyl groups is 1. The fourth-order valence-electron chi connectivity index (χ4n) is 3.11.